The minimum absolute atomic E-state index is 0.0958. The van der Waals surface area contributed by atoms with Gasteiger partial charge in [0.15, 0.2) is 11.5 Å². The number of aromatic nitrogens is 2. The SMILES string of the molecule is c1cnc(OC2CCOC3(C2)CN(Cc2ccc4c(c2)OCO4)C3)cn1. The van der Waals surface area contributed by atoms with Crippen molar-refractivity contribution in [3.05, 3.63) is 42.4 Å². The lowest BCUT2D eigenvalue weighted by molar-refractivity contribution is -0.188. The molecule has 0 aliphatic carbocycles. The first-order valence-electron chi connectivity index (χ1n) is 8.96. The van der Waals surface area contributed by atoms with Gasteiger partial charge in [-0.1, -0.05) is 6.07 Å². The van der Waals surface area contributed by atoms with Crippen LogP contribution < -0.4 is 14.2 Å². The monoisotopic (exact) mass is 355 g/mol. The zero-order valence-corrected chi connectivity index (χ0v) is 14.5. The van der Waals surface area contributed by atoms with E-state index in [1.807, 2.05) is 6.07 Å². The van der Waals surface area contributed by atoms with E-state index in [0.717, 1.165) is 50.6 Å². The fourth-order valence-corrected chi connectivity index (χ4v) is 4.00. The van der Waals surface area contributed by atoms with Gasteiger partial charge in [-0.2, -0.15) is 0 Å². The number of hydrogen-bond acceptors (Lipinski definition) is 7. The van der Waals surface area contributed by atoms with Crippen molar-refractivity contribution in [2.45, 2.75) is 31.1 Å². The van der Waals surface area contributed by atoms with Crippen molar-refractivity contribution in [3.63, 3.8) is 0 Å². The van der Waals surface area contributed by atoms with Gasteiger partial charge in [-0.25, -0.2) is 4.98 Å². The van der Waals surface area contributed by atoms with Crippen LogP contribution in [0, 0.1) is 0 Å². The van der Waals surface area contributed by atoms with Gasteiger partial charge < -0.3 is 18.9 Å². The first-order valence-corrected chi connectivity index (χ1v) is 8.96. The molecule has 2 fully saturated rings. The van der Waals surface area contributed by atoms with Gasteiger partial charge in [-0.05, 0) is 17.7 Å². The molecule has 3 aliphatic heterocycles. The van der Waals surface area contributed by atoms with Crippen molar-refractivity contribution in [2.24, 2.45) is 0 Å². The van der Waals surface area contributed by atoms with Crippen LogP contribution in [0.15, 0.2) is 36.8 Å². The van der Waals surface area contributed by atoms with Gasteiger partial charge in [-0.15, -0.1) is 0 Å². The van der Waals surface area contributed by atoms with Crippen molar-refractivity contribution in [2.75, 3.05) is 26.5 Å². The first kappa shape index (κ1) is 15.8. The van der Waals surface area contributed by atoms with E-state index in [4.69, 9.17) is 18.9 Å². The second kappa shape index (κ2) is 6.41. The molecule has 3 aliphatic rings. The smallest absolute Gasteiger partial charge is 0.232 e. The van der Waals surface area contributed by atoms with Crippen LogP contribution in [-0.4, -0.2) is 53.1 Å². The number of likely N-dealkylation sites (tertiary alicyclic amines) is 1. The van der Waals surface area contributed by atoms with Crippen molar-refractivity contribution in [3.8, 4) is 17.4 Å². The molecule has 26 heavy (non-hydrogen) atoms. The zero-order chi connectivity index (χ0) is 17.4. The van der Waals surface area contributed by atoms with Crippen LogP contribution >= 0.6 is 0 Å². The number of fused-ring (bicyclic) bond motifs is 1. The summed E-state index contributed by atoms with van der Waals surface area (Å²) >= 11 is 0. The van der Waals surface area contributed by atoms with Crippen molar-refractivity contribution >= 4 is 0 Å². The highest BCUT2D eigenvalue weighted by atomic mass is 16.7. The molecular formula is C19H21N3O4. The second-order valence-corrected chi connectivity index (χ2v) is 7.14. The first-order chi connectivity index (χ1) is 12.8. The van der Waals surface area contributed by atoms with E-state index < -0.39 is 0 Å². The molecule has 1 atom stereocenters. The summed E-state index contributed by atoms with van der Waals surface area (Å²) in [5, 5.41) is 0. The Kier molecular flexibility index (Phi) is 3.90. The van der Waals surface area contributed by atoms with Gasteiger partial charge in [0.1, 0.15) is 6.10 Å². The molecule has 1 aromatic heterocycles. The van der Waals surface area contributed by atoms with Gasteiger partial charge in [0, 0.05) is 44.9 Å². The standard InChI is InChI=1S/C19H21N3O4/c1-2-16-17(24-13-23-16)7-14(1)10-22-11-19(12-22)8-15(3-6-25-19)26-18-9-20-4-5-21-18/h1-2,4-5,7,9,15H,3,6,8,10-13H2. The maximum atomic E-state index is 6.11. The Bertz CT molecular complexity index is 780. The highest BCUT2D eigenvalue weighted by molar-refractivity contribution is 5.44. The summed E-state index contributed by atoms with van der Waals surface area (Å²) in [4.78, 5) is 10.7. The molecule has 0 amide bonds. The third-order valence-corrected chi connectivity index (χ3v) is 5.14. The Labute approximate surface area is 151 Å². The molecule has 2 aromatic rings. The summed E-state index contributed by atoms with van der Waals surface area (Å²) in [6.07, 6.45) is 6.88. The molecule has 0 bridgehead atoms. The number of benzene rings is 1. The van der Waals surface area contributed by atoms with Gasteiger partial charge in [0.2, 0.25) is 12.7 Å². The van der Waals surface area contributed by atoms with Crippen LogP contribution in [0.2, 0.25) is 0 Å². The van der Waals surface area contributed by atoms with Gasteiger partial charge in [-0.3, -0.25) is 9.88 Å². The largest absolute Gasteiger partial charge is 0.473 e. The predicted octanol–water partition coefficient (Wildman–Crippen LogP) is 2.02. The van der Waals surface area contributed by atoms with Gasteiger partial charge >= 0.3 is 0 Å². The van der Waals surface area contributed by atoms with Crippen LogP contribution in [0.5, 0.6) is 17.4 Å². The number of ether oxygens (including phenoxy) is 4. The Morgan fingerprint density at radius 3 is 3.00 bits per heavy atom. The summed E-state index contributed by atoms with van der Waals surface area (Å²) in [5.41, 5.74) is 1.13. The maximum absolute atomic E-state index is 6.11. The Morgan fingerprint density at radius 1 is 1.19 bits per heavy atom. The van der Waals surface area contributed by atoms with Crippen molar-refractivity contribution in [1.82, 2.24) is 14.9 Å². The number of hydrogen-bond donors (Lipinski definition) is 0. The number of rotatable bonds is 4. The zero-order valence-electron chi connectivity index (χ0n) is 14.5. The normalized spacial score (nSPS) is 23.6. The fourth-order valence-electron chi connectivity index (χ4n) is 4.00. The molecule has 1 aromatic carbocycles. The number of nitrogens with zero attached hydrogens (tertiary/aromatic N) is 3. The van der Waals surface area contributed by atoms with E-state index in [2.05, 4.69) is 27.0 Å². The third kappa shape index (κ3) is 3.08. The molecule has 7 heteroatoms. The van der Waals surface area contributed by atoms with Crippen LogP contribution in [0.1, 0.15) is 18.4 Å². The topological polar surface area (TPSA) is 65.9 Å². The summed E-state index contributed by atoms with van der Waals surface area (Å²) in [6, 6.07) is 6.14. The van der Waals surface area contributed by atoms with Crippen molar-refractivity contribution in [1.29, 1.82) is 0 Å². The van der Waals surface area contributed by atoms with Crippen LogP contribution in [0.4, 0.5) is 0 Å². The Morgan fingerprint density at radius 2 is 2.12 bits per heavy atom. The summed E-state index contributed by atoms with van der Waals surface area (Å²) in [5.74, 6) is 2.25. The van der Waals surface area contributed by atoms with E-state index in [0.29, 0.717) is 12.7 Å². The lowest BCUT2D eigenvalue weighted by atomic mass is 9.84. The van der Waals surface area contributed by atoms with Crippen LogP contribution in [0.3, 0.4) is 0 Å². The molecule has 0 N–H and O–H groups in total. The molecule has 1 unspecified atom stereocenters. The Hall–Kier alpha value is -2.38. The van der Waals surface area contributed by atoms with E-state index in [1.54, 1.807) is 18.6 Å². The second-order valence-electron chi connectivity index (χ2n) is 7.14. The molecule has 5 rings (SSSR count). The summed E-state index contributed by atoms with van der Waals surface area (Å²) in [7, 11) is 0. The van der Waals surface area contributed by atoms with Gasteiger partial charge in [0.05, 0.1) is 18.4 Å². The van der Waals surface area contributed by atoms with Gasteiger partial charge in [0.25, 0.3) is 0 Å². The summed E-state index contributed by atoms with van der Waals surface area (Å²) in [6.45, 7) is 3.76. The van der Waals surface area contributed by atoms with E-state index >= 15 is 0 Å². The molecule has 1 spiro atoms. The van der Waals surface area contributed by atoms with Crippen LogP contribution in [-0.2, 0) is 11.3 Å². The molecule has 7 nitrogen and oxygen atoms in total. The average Bonchev–Trinajstić information content (AvgIpc) is 3.09. The van der Waals surface area contributed by atoms with E-state index in [9.17, 15) is 0 Å². The molecular weight excluding hydrogens is 334 g/mol. The molecule has 136 valence electrons. The lowest BCUT2D eigenvalue weighted by Gasteiger charge is -2.53. The quantitative estimate of drug-likeness (QED) is 0.831. The molecule has 0 saturated carbocycles. The molecule has 4 heterocycles. The predicted molar refractivity (Wildman–Crippen MR) is 92.2 cm³/mol. The minimum Gasteiger partial charge on any atom is -0.473 e. The molecule has 0 radical (unpaired) electrons. The van der Waals surface area contributed by atoms with Crippen LogP contribution in [0.25, 0.3) is 0 Å². The van der Waals surface area contributed by atoms with E-state index in [1.165, 1.54) is 5.56 Å². The minimum atomic E-state index is -0.0958. The average molecular weight is 355 g/mol. The lowest BCUT2D eigenvalue weighted by Crippen LogP contribution is -2.65. The fraction of sp³-hybridized carbons (Fsp3) is 0.474. The van der Waals surface area contributed by atoms with Crippen molar-refractivity contribution < 1.29 is 18.9 Å². The van der Waals surface area contributed by atoms with E-state index in [-0.39, 0.29) is 11.7 Å². The maximum Gasteiger partial charge on any atom is 0.232 e. The Balaban J connectivity index is 1.17. The highest BCUT2D eigenvalue weighted by Crippen LogP contribution is 2.37. The summed E-state index contributed by atoms with van der Waals surface area (Å²) < 4.78 is 22.9. The highest BCUT2D eigenvalue weighted by Gasteiger charge is 2.48. The third-order valence-electron chi connectivity index (χ3n) is 5.14. The molecule has 2 saturated heterocycles.